The van der Waals surface area contributed by atoms with Crippen LogP contribution in [0.25, 0.3) is 0 Å². The van der Waals surface area contributed by atoms with Crippen molar-refractivity contribution in [1.29, 1.82) is 0 Å². The summed E-state index contributed by atoms with van der Waals surface area (Å²) < 4.78 is 5.01. The van der Waals surface area contributed by atoms with Crippen LogP contribution in [-0.4, -0.2) is 58.9 Å². The van der Waals surface area contributed by atoms with Crippen LogP contribution >= 0.6 is 11.8 Å². The summed E-state index contributed by atoms with van der Waals surface area (Å²) in [5.41, 5.74) is 0. The predicted molar refractivity (Wildman–Crippen MR) is 65.1 cm³/mol. The minimum Gasteiger partial charge on any atom is -0.480 e. The maximum atomic E-state index is 11.9. The number of hydrogen-bond acceptors (Lipinski definition) is 4. The Morgan fingerprint density at radius 2 is 2.29 bits per heavy atom. The number of nitrogens with zero attached hydrogens (tertiary/aromatic N) is 1. The third-order valence-corrected chi connectivity index (χ3v) is 3.90. The number of urea groups is 1. The van der Waals surface area contributed by atoms with Gasteiger partial charge in [-0.2, -0.15) is 0 Å². The molecular weight excluding hydrogens is 244 g/mol. The number of rotatable bonds is 4. The van der Waals surface area contributed by atoms with Crippen LogP contribution in [-0.2, 0) is 9.53 Å². The second-order valence-electron chi connectivity index (χ2n) is 3.93. The molecule has 1 rings (SSSR count). The minimum absolute atomic E-state index is 0.0900. The van der Waals surface area contributed by atoms with Gasteiger partial charge in [0.05, 0.1) is 11.5 Å². The van der Waals surface area contributed by atoms with Crippen LogP contribution in [0.1, 0.15) is 13.8 Å². The molecule has 1 heterocycles. The topological polar surface area (TPSA) is 78.9 Å². The molecule has 1 fully saturated rings. The van der Waals surface area contributed by atoms with Crippen molar-refractivity contribution < 1.29 is 19.4 Å². The van der Waals surface area contributed by atoms with E-state index in [1.165, 1.54) is 16.7 Å². The molecule has 17 heavy (non-hydrogen) atoms. The zero-order valence-corrected chi connectivity index (χ0v) is 11.0. The van der Waals surface area contributed by atoms with E-state index in [9.17, 15) is 9.59 Å². The average molecular weight is 262 g/mol. The highest BCUT2D eigenvalue weighted by molar-refractivity contribution is 8.00. The fraction of sp³-hybridized carbons (Fsp3) is 0.800. The van der Waals surface area contributed by atoms with Crippen molar-refractivity contribution in [2.45, 2.75) is 31.4 Å². The molecule has 1 aliphatic rings. The molecule has 3 atom stereocenters. The van der Waals surface area contributed by atoms with Gasteiger partial charge >= 0.3 is 12.0 Å². The van der Waals surface area contributed by atoms with Gasteiger partial charge in [-0.05, 0) is 13.8 Å². The van der Waals surface area contributed by atoms with E-state index in [1.807, 2.05) is 13.8 Å². The largest absolute Gasteiger partial charge is 0.480 e. The Morgan fingerprint density at radius 1 is 1.65 bits per heavy atom. The summed E-state index contributed by atoms with van der Waals surface area (Å²) in [6.45, 7) is 4.03. The number of carboxylic acids is 1. The number of carboxylic acid groups (broad SMARTS) is 1. The Morgan fingerprint density at radius 3 is 2.82 bits per heavy atom. The van der Waals surface area contributed by atoms with Gasteiger partial charge in [-0.3, -0.25) is 4.90 Å². The van der Waals surface area contributed by atoms with E-state index in [0.717, 1.165) is 0 Å². The van der Waals surface area contributed by atoms with E-state index in [1.54, 1.807) is 7.11 Å². The van der Waals surface area contributed by atoms with Gasteiger partial charge in [0.2, 0.25) is 0 Å². The van der Waals surface area contributed by atoms with Gasteiger partial charge in [0, 0.05) is 19.4 Å². The van der Waals surface area contributed by atoms with Crippen molar-refractivity contribution >= 4 is 23.8 Å². The molecule has 2 amide bonds. The molecule has 98 valence electrons. The molecule has 6 nitrogen and oxygen atoms in total. The minimum atomic E-state index is -0.961. The van der Waals surface area contributed by atoms with Gasteiger partial charge < -0.3 is 15.2 Å². The number of carbonyl (C=O) groups is 2. The molecule has 0 saturated carbocycles. The maximum Gasteiger partial charge on any atom is 0.327 e. The summed E-state index contributed by atoms with van der Waals surface area (Å²) >= 11 is 1.46. The zero-order valence-electron chi connectivity index (χ0n) is 10.2. The highest BCUT2D eigenvalue weighted by atomic mass is 32.2. The number of ether oxygens (including phenoxy) is 1. The molecule has 1 saturated heterocycles. The number of amides is 2. The zero-order chi connectivity index (χ0) is 13.0. The second-order valence-corrected chi connectivity index (χ2v) is 5.28. The van der Waals surface area contributed by atoms with Crippen LogP contribution in [0.5, 0.6) is 0 Å². The predicted octanol–water partition coefficient (Wildman–Crippen LogP) is 0.579. The number of methoxy groups -OCH3 is 1. The van der Waals surface area contributed by atoms with E-state index in [2.05, 4.69) is 5.32 Å². The Labute approximate surface area is 105 Å². The lowest BCUT2D eigenvalue weighted by Crippen LogP contribution is -2.50. The van der Waals surface area contributed by atoms with Crippen molar-refractivity contribution in [3.05, 3.63) is 0 Å². The molecule has 0 aromatic heterocycles. The lowest BCUT2D eigenvalue weighted by Gasteiger charge is -2.25. The standard InChI is InChI=1S/C10H18N2O4S/c1-6(16-3)4-11-10(15)12-7(2)17-5-8(12)9(13)14/h6-8H,4-5H2,1-3H3,(H,11,15)(H,13,14). The first kappa shape index (κ1) is 14.1. The molecule has 7 heteroatoms. The van der Waals surface area contributed by atoms with Gasteiger partial charge in [0.25, 0.3) is 0 Å². The van der Waals surface area contributed by atoms with E-state index < -0.39 is 12.0 Å². The van der Waals surface area contributed by atoms with Crippen molar-refractivity contribution in [3.63, 3.8) is 0 Å². The summed E-state index contributed by atoms with van der Waals surface area (Å²) in [4.78, 5) is 24.2. The van der Waals surface area contributed by atoms with Crippen LogP contribution in [0.15, 0.2) is 0 Å². The highest BCUT2D eigenvalue weighted by Crippen LogP contribution is 2.28. The number of aliphatic carboxylic acids is 1. The van der Waals surface area contributed by atoms with Crippen molar-refractivity contribution in [3.8, 4) is 0 Å². The van der Waals surface area contributed by atoms with Gasteiger partial charge in [-0.25, -0.2) is 9.59 Å². The Balaban J connectivity index is 2.56. The smallest absolute Gasteiger partial charge is 0.327 e. The van der Waals surface area contributed by atoms with Crippen LogP contribution in [0.3, 0.4) is 0 Å². The molecule has 0 aromatic rings. The quantitative estimate of drug-likeness (QED) is 0.774. The highest BCUT2D eigenvalue weighted by Gasteiger charge is 2.39. The molecule has 0 bridgehead atoms. The fourth-order valence-electron chi connectivity index (χ4n) is 1.55. The summed E-state index contributed by atoms with van der Waals surface area (Å²) in [6, 6.07) is -1.09. The van der Waals surface area contributed by atoms with Gasteiger partial charge in [-0.15, -0.1) is 11.8 Å². The Bertz CT molecular complexity index is 300. The van der Waals surface area contributed by atoms with Gasteiger partial charge in [0.1, 0.15) is 6.04 Å². The monoisotopic (exact) mass is 262 g/mol. The number of carbonyl (C=O) groups excluding carboxylic acids is 1. The van der Waals surface area contributed by atoms with Crippen LogP contribution in [0.2, 0.25) is 0 Å². The molecule has 2 N–H and O–H groups in total. The summed E-state index contributed by atoms with van der Waals surface area (Å²) in [5, 5.41) is 11.6. The summed E-state index contributed by atoms with van der Waals surface area (Å²) in [5.74, 6) is -0.527. The SMILES string of the molecule is COC(C)CNC(=O)N1C(C)SCC1C(=O)O. The molecule has 0 aliphatic carbocycles. The fourth-order valence-corrected chi connectivity index (χ4v) is 2.71. The Kier molecular flexibility index (Phi) is 5.07. The van der Waals surface area contributed by atoms with Crippen molar-refractivity contribution in [1.82, 2.24) is 10.2 Å². The lowest BCUT2D eigenvalue weighted by molar-refractivity contribution is -0.141. The number of thioether (sulfide) groups is 1. The van der Waals surface area contributed by atoms with Crippen LogP contribution in [0, 0.1) is 0 Å². The first-order valence-electron chi connectivity index (χ1n) is 5.40. The molecule has 3 unspecified atom stereocenters. The van der Waals surface area contributed by atoms with Crippen molar-refractivity contribution in [2.24, 2.45) is 0 Å². The lowest BCUT2D eigenvalue weighted by atomic mass is 10.3. The van der Waals surface area contributed by atoms with E-state index >= 15 is 0 Å². The summed E-state index contributed by atoms with van der Waals surface area (Å²) in [7, 11) is 1.56. The normalized spacial score (nSPS) is 25.7. The molecular formula is C10H18N2O4S. The number of hydrogen-bond donors (Lipinski definition) is 2. The average Bonchev–Trinajstić information content (AvgIpc) is 2.67. The van der Waals surface area contributed by atoms with Gasteiger partial charge in [0.15, 0.2) is 0 Å². The third-order valence-electron chi connectivity index (χ3n) is 2.69. The van der Waals surface area contributed by atoms with Crippen molar-refractivity contribution in [2.75, 3.05) is 19.4 Å². The molecule has 0 radical (unpaired) electrons. The first-order valence-corrected chi connectivity index (χ1v) is 6.45. The molecule has 0 spiro atoms. The first-order chi connectivity index (χ1) is 7.97. The molecule has 0 aromatic carbocycles. The third kappa shape index (κ3) is 3.50. The maximum absolute atomic E-state index is 11.9. The van der Waals surface area contributed by atoms with Gasteiger partial charge in [-0.1, -0.05) is 0 Å². The van der Waals surface area contributed by atoms with E-state index in [0.29, 0.717) is 12.3 Å². The van der Waals surface area contributed by atoms with Crippen LogP contribution < -0.4 is 5.32 Å². The van der Waals surface area contributed by atoms with E-state index in [-0.39, 0.29) is 17.5 Å². The summed E-state index contributed by atoms with van der Waals surface area (Å²) in [6.07, 6.45) is -0.0900. The molecule has 1 aliphatic heterocycles. The number of nitrogens with one attached hydrogen (secondary N) is 1. The van der Waals surface area contributed by atoms with Crippen LogP contribution in [0.4, 0.5) is 4.79 Å². The second kappa shape index (κ2) is 6.11. The Hall–Kier alpha value is -0.950. The van der Waals surface area contributed by atoms with E-state index in [4.69, 9.17) is 9.84 Å².